The number of furan rings is 1. The van der Waals surface area contributed by atoms with Gasteiger partial charge in [-0.25, -0.2) is 14.5 Å². The Hall–Kier alpha value is -3.39. The summed E-state index contributed by atoms with van der Waals surface area (Å²) in [6, 6.07) is 14.4. The van der Waals surface area contributed by atoms with Gasteiger partial charge in [-0.15, -0.1) is 0 Å². The molecule has 1 N–H and O–H groups in total. The van der Waals surface area contributed by atoms with Gasteiger partial charge in [-0.2, -0.15) is 0 Å². The largest absolute Gasteiger partial charge is 0.467 e. The molecule has 7 nitrogen and oxygen atoms in total. The van der Waals surface area contributed by atoms with Crippen LogP contribution in [0.2, 0.25) is 0 Å². The van der Waals surface area contributed by atoms with E-state index in [1.165, 1.54) is 16.3 Å². The molecule has 1 aromatic carbocycles. The molecule has 0 aliphatic carbocycles. The average molecular weight is 406 g/mol. The Morgan fingerprint density at radius 1 is 1.17 bits per heavy atom. The standard InChI is InChI=1S/C21H18N4O3S/c1-14-8-9-18(22-11-14)25-20(27)16-6-2-3-7-17(16)24-21(25)29-13-19(26)23-12-15-5-4-10-28-15/h2-11H,12-13H2,1H3,(H,23,26). The van der Waals surface area contributed by atoms with E-state index < -0.39 is 0 Å². The fraction of sp³-hybridized carbons (Fsp3) is 0.143. The lowest BCUT2D eigenvalue weighted by Gasteiger charge is -2.12. The van der Waals surface area contributed by atoms with E-state index in [0.717, 1.165) is 5.56 Å². The van der Waals surface area contributed by atoms with Gasteiger partial charge in [0, 0.05) is 6.20 Å². The van der Waals surface area contributed by atoms with E-state index >= 15 is 0 Å². The zero-order chi connectivity index (χ0) is 20.2. The molecule has 0 fully saturated rings. The molecule has 1 amide bonds. The highest BCUT2D eigenvalue weighted by atomic mass is 32.2. The Balaban J connectivity index is 1.63. The van der Waals surface area contributed by atoms with Crippen LogP contribution in [0.5, 0.6) is 0 Å². The van der Waals surface area contributed by atoms with Crippen molar-refractivity contribution < 1.29 is 9.21 Å². The summed E-state index contributed by atoms with van der Waals surface area (Å²) in [6.45, 7) is 2.24. The monoisotopic (exact) mass is 406 g/mol. The predicted molar refractivity (Wildman–Crippen MR) is 111 cm³/mol. The predicted octanol–water partition coefficient (Wildman–Crippen LogP) is 3.09. The average Bonchev–Trinajstić information content (AvgIpc) is 3.25. The van der Waals surface area contributed by atoms with E-state index in [2.05, 4.69) is 15.3 Å². The number of carbonyl (C=O) groups is 1. The molecule has 3 aromatic heterocycles. The highest BCUT2D eigenvalue weighted by molar-refractivity contribution is 7.99. The molecule has 146 valence electrons. The first-order valence-electron chi connectivity index (χ1n) is 8.98. The molecule has 4 aromatic rings. The summed E-state index contributed by atoms with van der Waals surface area (Å²) < 4.78 is 6.66. The number of nitrogens with zero attached hydrogens (tertiary/aromatic N) is 3. The molecule has 8 heteroatoms. The van der Waals surface area contributed by atoms with Crippen molar-refractivity contribution in [3.05, 3.63) is 82.7 Å². The Morgan fingerprint density at radius 3 is 2.79 bits per heavy atom. The molecule has 0 unspecified atom stereocenters. The SMILES string of the molecule is Cc1ccc(-n2c(SCC(=O)NCc3ccco3)nc3ccccc3c2=O)nc1. The zero-order valence-electron chi connectivity index (χ0n) is 15.7. The number of pyridine rings is 1. The number of benzene rings is 1. The number of nitrogens with one attached hydrogen (secondary N) is 1. The smallest absolute Gasteiger partial charge is 0.267 e. The van der Waals surface area contributed by atoms with E-state index in [0.29, 0.717) is 34.2 Å². The third-order valence-electron chi connectivity index (χ3n) is 4.24. The van der Waals surface area contributed by atoms with Crippen LogP contribution in [0.4, 0.5) is 0 Å². The molecule has 0 radical (unpaired) electrons. The molecular weight excluding hydrogens is 388 g/mol. The van der Waals surface area contributed by atoms with Crippen LogP contribution in [-0.4, -0.2) is 26.2 Å². The van der Waals surface area contributed by atoms with Crippen LogP contribution in [0.3, 0.4) is 0 Å². The van der Waals surface area contributed by atoms with Gasteiger partial charge in [0.2, 0.25) is 5.91 Å². The summed E-state index contributed by atoms with van der Waals surface area (Å²) in [5.41, 5.74) is 1.35. The van der Waals surface area contributed by atoms with Crippen molar-refractivity contribution in [2.75, 3.05) is 5.75 Å². The van der Waals surface area contributed by atoms with E-state index in [1.807, 2.05) is 19.1 Å². The highest BCUT2D eigenvalue weighted by Crippen LogP contribution is 2.20. The maximum atomic E-state index is 13.1. The molecular formula is C21H18N4O3S. The van der Waals surface area contributed by atoms with Gasteiger partial charge in [-0.05, 0) is 42.8 Å². The molecule has 29 heavy (non-hydrogen) atoms. The van der Waals surface area contributed by atoms with Gasteiger partial charge in [0.05, 0.1) is 29.5 Å². The molecule has 0 saturated heterocycles. The summed E-state index contributed by atoms with van der Waals surface area (Å²) in [6.07, 6.45) is 3.25. The van der Waals surface area contributed by atoms with Crippen molar-refractivity contribution in [1.29, 1.82) is 0 Å². The van der Waals surface area contributed by atoms with Crippen LogP contribution < -0.4 is 10.9 Å². The number of hydrogen-bond donors (Lipinski definition) is 1. The van der Waals surface area contributed by atoms with Crippen LogP contribution >= 0.6 is 11.8 Å². The van der Waals surface area contributed by atoms with Crippen LogP contribution in [-0.2, 0) is 11.3 Å². The lowest BCUT2D eigenvalue weighted by atomic mass is 10.2. The first-order valence-corrected chi connectivity index (χ1v) is 9.97. The van der Waals surface area contributed by atoms with E-state index in [-0.39, 0.29) is 17.2 Å². The van der Waals surface area contributed by atoms with E-state index in [1.54, 1.807) is 48.9 Å². The number of amides is 1. The normalized spacial score (nSPS) is 10.9. The Bertz CT molecular complexity index is 1200. The Morgan fingerprint density at radius 2 is 2.03 bits per heavy atom. The summed E-state index contributed by atoms with van der Waals surface area (Å²) in [5.74, 6) is 1.07. The first-order chi connectivity index (χ1) is 14.1. The van der Waals surface area contributed by atoms with Crippen molar-refractivity contribution in [2.24, 2.45) is 0 Å². The summed E-state index contributed by atoms with van der Waals surface area (Å²) in [5, 5.41) is 3.71. The molecule has 4 rings (SSSR count). The van der Waals surface area contributed by atoms with E-state index in [9.17, 15) is 9.59 Å². The van der Waals surface area contributed by atoms with Crippen LogP contribution in [0.1, 0.15) is 11.3 Å². The van der Waals surface area contributed by atoms with Gasteiger partial charge in [0.25, 0.3) is 5.56 Å². The fourth-order valence-electron chi connectivity index (χ4n) is 2.78. The molecule has 0 bridgehead atoms. The van der Waals surface area contributed by atoms with Gasteiger partial charge in [-0.1, -0.05) is 30.0 Å². The molecule has 3 heterocycles. The van der Waals surface area contributed by atoms with Crippen molar-refractivity contribution in [1.82, 2.24) is 19.9 Å². The lowest BCUT2D eigenvalue weighted by Crippen LogP contribution is -2.26. The molecule has 0 aliphatic heterocycles. The Kier molecular flexibility index (Phi) is 5.44. The summed E-state index contributed by atoms with van der Waals surface area (Å²) in [4.78, 5) is 34.3. The fourth-order valence-corrected chi connectivity index (χ4v) is 3.61. The number of para-hydroxylation sites is 1. The molecule has 0 saturated carbocycles. The quantitative estimate of drug-likeness (QED) is 0.391. The van der Waals surface area contributed by atoms with Crippen molar-refractivity contribution in [3.63, 3.8) is 0 Å². The van der Waals surface area contributed by atoms with Crippen LogP contribution in [0, 0.1) is 6.92 Å². The zero-order valence-corrected chi connectivity index (χ0v) is 16.5. The van der Waals surface area contributed by atoms with Gasteiger partial charge in [0.1, 0.15) is 11.6 Å². The highest BCUT2D eigenvalue weighted by Gasteiger charge is 2.15. The van der Waals surface area contributed by atoms with E-state index in [4.69, 9.17) is 4.42 Å². The number of aryl methyl sites for hydroxylation is 1. The van der Waals surface area contributed by atoms with Gasteiger partial charge < -0.3 is 9.73 Å². The minimum Gasteiger partial charge on any atom is -0.467 e. The number of rotatable bonds is 6. The van der Waals surface area contributed by atoms with Crippen molar-refractivity contribution in [3.8, 4) is 5.82 Å². The number of carbonyl (C=O) groups excluding carboxylic acids is 1. The number of thioether (sulfide) groups is 1. The number of hydrogen-bond acceptors (Lipinski definition) is 6. The lowest BCUT2D eigenvalue weighted by molar-refractivity contribution is -0.118. The molecule has 0 aliphatic rings. The topological polar surface area (TPSA) is 90.0 Å². The second kappa shape index (κ2) is 8.32. The van der Waals surface area contributed by atoms with Gasteiger partial charge in [0.15, 0.2) is 5.16 Å². The maximum Gasteiger partial charge on any atom is 0.267 e. The minimum atomic E-state index is -0.217. The number of aromatic nitrogens is 3. The van der Waals surface area contributed by atoms with Crippen LogP contribution in [0.15, 0.2) is 75.4 Å². The Labute approximate surface area is 170 Å². The van der Waals surface area contributed by atoms with Gasteiger partial charge in [-0.3, -0.25) is 9.59 Å². The third kappa shape index (κ3) is 4.22. The van der Waals surface area contributed by atoms with Crippen LogP contribution in [0.25, 0.3) is 16.7 Å². The summed E-state index contributed by atoms with van der Waals surface area (Å²) in [7, 11) is 0. The maximum absolute atomic E-state index is 13.1. The minimum absolute atomic E-state index is 0.108. The number of fused-ring (bicyclic) bond motifs is 1. The second-order valence-corrected chi connectivity index (χ2v) is 7.33. The third-order valence-corrected chi connectivity index (χ3v) is 5.18. The second-order valence-electron chi connectivity index (χ2n) is 6.39. The first kappa shape index (κ1) is 18.9. The van der Waals surface area contributed by atoms with Gasteiger partial charge >= 0.3 is 0 Å². The van der Waals surface area contributed by atoms with Crippen molar-refractivity contribution >= 4 is 28.6 Å². The van der Waals surface area contributed by atoms with Crippen molar-refractivity contribution in [2.45, 2.75) is 18.6 Å². The molecule has 0 spiro atoms. The summed E-state index contributed by atoms with van der Waals surface area (Å²) >= 11 is 1.19. The molecule has 0 atom stereocenters.